The first-order valence-corrected chi connectivity index (χ1v) is 6.14. The molecule has 0 aliphatic carbocycles. The summed E-state index contributed by atoms with van der Waals surface area (Å²) in [7, 11) is 0. The van der Waals surface area contributed by atoms with E-state index in [4.69, 9.17) is 4.42 Å². The normalized spacial score (nSPS) is 10.9. The van der Waals surface area contributed by atoms with Crippen molar-refractivity contribution in [1.29, 1.82) is 0 Å². The van der Waals surface area contributed by atoms with Crippen LogP contribution in [0.5, 0.6) is 0 Å². The lowest BCUT2D eigenvalue weighted by Gasteiger charge is -2.00. The van der Waals surface area contributed by atoms with Gasteiger partial charge < -0.3 is 9.73 Å². The molecule has 16 heavy (non-hydrogen) atoms. The first-order chi connectivity index (χ1) is 7.75. The Morgan fingerprint density at radius 3 is 2.88 bits per heavy atom. The lowest BCUT2D eigenvalue weighted by atomic mass is 10.3. The van der Waals surface area contributed by atoms with Gasteiger partial charge in [-0.05, 0) is 20.3 Å². The van der Waals surface area contributed by atoms with Gasteiger partial charge in [0.1, 0.15) is 5.76 Å². The molecule has 0 aliphatic heterocycles. The maximum Gasteiger partial charge on any atom is 0.208 e. The third-order valence-electron chi connectivity index (χ3n) is 2.32. The average Bonchev–Trinajstić information content (AvgIpc) is 2.83. The van der Waals surface area contributed by atoms with E-state index in [-0.39, 0.29) is 0 Å². The molecule has 5 heteroatoms. The summed E-state index contributed by atoms with van der Waals surface area (Å²) in [5.41, 5.74) is 3.03. The smallest absolute Gasteiger partial charge is 0.208 e. The van der Waals surface area contributed by atoms with Crippen LogP contribution < -0.4 is 5.32 Å². The molecule has 86 valence electrons. The number of thiazole rings is 1. The van der Waals surface area contributed by atoms with Gasteiger partial charge in [0.05, 0.1) is 23.9 Å². The van der Waals surface area contributed by atoms with Crippen LogP contribution in [0.4, 0.5) is 0 Å². The Morgan fingerprint density at radius 1 is 1.38 bits per heavy atom. The Labute approximate surface area is 98.7 Å². The van der Waals surface area contributed by atoms with E-state index in [1.807, 2.05) is 19.4 Å². The Morgan fingerprint density at radius 2 is 2.25 bits per heavy atom. The Balaban J connectivity index is 1.71. The minimum absolute atomic E-state index is 0.686. The van der Waals surface area contributed by atoms with Gasteiger partial charge >= 0.3 is 0 Å². The fourth-order valence-electron chi connectivity index (χ4n) is 1.45. The van der Waals surface area contributed by atoms with Crippen molar-refractivity contribution in [3.8, 4) is 0 Å². The van der Waals surface area contributed by atoms with Crippen molar-refractivity contribution in [2.24, 2.45) is 0 Å². The minimum Gasteiger partial charge on any atom is -0.445 e. The molecule has 2 aromatic heterocycles. The van der Waals surface area contributed by atoms with Crippen molar-refractivity contribution in [2.75, 3.05) is 6.54 Å². The number of aryl methyl sites for hydroxylation is 2. The van der Waals surface area contributed by atoms with Crippen LogP contribution >= 0.6 is 11.3 Å². The number of aromatic nitrogens is 2. The molecule has 0 saturated carbocycles. The zero-order valence-electron chi connectivity index (χ0n) is 9.49. The van der Waals surface area contributed by atoms with E-state index in [1.165, 1.54) is 4.88 Å². The highest BCUT2D eigenvalue weighted by atomic mass is 32.1. The molecule has 2 rings (SSSR count). The van der Waals surface area contributed by atoms with Crippen molar-refractivity contribution in [3.05, 3.63) is 33.9 Å². The van der Waals surface area contributed by atoms with Crippen molar-refractivity contribution in [2.45, 2.75) is 26.8 Å². The SMILES string of the molecule is Cc1cnc(CNCCc2scnc2C)o1. The Bertz CT molecular complexity index is 450. The zero-order chi connectivity index (χ0) is 11.4. The van der Waals surface area contributed by atoms with Gasteiger partial charge in [-0.2, -0.15) is 0 Å². The summed E-state index contributed by atoms with van der Waals surface area (Å²) in [4.78, 5) is 9.69. The van der Waals surface area contributed by atoms with Gasteiger partial charge in [-0.25, -0.2) is 9.97 Å². The molecule has 0 aromatic carbocycles. The fraction of sp³-hybridized carbons (Fsp3) is 0.455. The lowest BCUT2D eigenvalue weighted by Crippen LogP contribution is -2.16. The van der Waals surface area contributed by atoms with Crippen LogP contribution in [0.1, 0.15) is 22.2 Å². The summed E-state index contributed by atoms with van der Waals surface area (Å²) in [6.07, 6.45) is 2.75. The molecule has 0 aliphatic rings. The molecule has 4 nitrogen and oxygen atoms in total. The number of rotatable bonds is 5. The van der Waals surface area contributed by atoms with Crippen molar-refractivity contribution in [3.63, 3.8) is 0 Å². The zero-order valence-corrected chi connectivity index (χ0v) is 10.3. The highest BCUT2D eigenvalue weighted by Gasteiger charge is 2.02. The second-order valence-corrected chi connectivity index (χ2v) is 4.59. The molecule has 0 saturated heterocycles. The van der Waals surface area contributed by atoms with Crippen LogP contribution in [0, 0.1) is 13.8 Å². The van der Waals surface area contributed by atoms with Crippen LogP contribution in [0.2, 0.25) is 0 Å². The monoisotopic (exact) mass is 237 g/mol. The largest absolute Gasteiger partial charge is 0.445 e. The molecular formula is C11H15N3OS. The number of nitrogens with zero attached hydrogens (tertiary/aromatic N) is 2. The van der Waals surface area contributed by atoms with Gasteiger partial charge in [-0.15, -0.1) is 11.3 Å². The van der Waals surface area contributed by atoms with Gasteiger partial charge in [-0.3, -0.25) is 0 Å². The predicted molar refractivity (Wildman–Crippen MR) is 63.5 cm³/mol. The third-order valence-corrected chi connectivity index (χ3v) is 3.31. The number of hydrogen-bond acceptors (Lipinski definition) is 5. The van der Waals surface area contributed by atoms with Gasteiger partial charge in [-0.1, -0.05) is 0 Å². The Kier molecular flexibility index (Phi) is 3.69. The topological polar surface area (TPSA) is 51.0 Å². The first-order valence-electron chi connectivity index (χ1n) is 5.26. The highest BCUT2D eigenvalue weighted by molar-refractivity contribution is 7.09. The van der Waals surface area contributed by atoms with Gasteiger partial charge in [0.15, 0.2) is 0 Å². The maximum absolute atomic E-state index is 5.36. The lowest BCUT2D eigenvalue weighted by molar-refractivity contribution is 0.450. The number of hydrogen-bond donors (Lipinski definition) is 1. The van der Waals surface area contributed by atoms with E-state index in [2.05, 4.69) is 15.3 Å². The summed E-state index contributed by atoms with van der Waals surface area (Å²) in [5.74, 6) is 1.61. The molecule has 1 N–H and O–H groups in total. The van der Waals surface area contributed by atoms with Crippen LogP contribution in [0.15, 0.2) is 16.1 Å². The highest BCUT2D eigenvalue weighted by Crippen LogP contribution is 2.11. The summed E-state index contributed by atoms with van der Waals surface area (Å²) in [6.45, 7) is 5.55. The average molecular weight is 237 g/mol. The standard InChI is InChI=1S/C11H15N3OS/c1-8-5-13-11(15-8)6-12-4-3-10-9(2)14-7-16-10/h5,7,12H,3-4,6H2,1-2H3. The van der Waals surface area contributed by atoms with Crippen molar-refractivity contribution in [1.82, 2.24) is 15.3 Å². The summed E-state index contributed by atoms with van der Waals surface area (Å²) < 4.78 is 5.36. The van der Waals surface area contributed by atoms with E-state index in [0.29, 0.717) is 6.54 Å². The number of nitrogens with one attached hydrogen (secondary N) is 1. The molecule has 0 bridgehead atoms. The summed E-state index contributed by atoms with van der Waals surface area (Å²) in [6, 6.07) is 0. The predicted octanol–water partition coefficient (Wildman–Crippen LogP) is 2.08. The Hall–Kier alpha value is -1.20. The third kappa shape index (κ3) is 2.90. The van der Waals surface area contributed by atoms with Crippen LogP contribution in [0.3, 0.4) is 0 Å². The molecule has 0 unspecified atom stereocenters. The van der Waals surface area contributed by atoms with Crippen molar-refractivity contribution >= 4 is 11.3 Å². The van der Waals surface area contributed by atoms with E-state index in [9.17, 15) is 0 Å². The minimum atomic E-state index is 0.686. The van der Waals surface area contributed by atoms with Crippen molar-refractivity contribution < 1.29 is 4.42 Å². The van der Waals surface area contributed by atoms with E-state index >= 15 is 0 Å². The summed E-state index contributed by atoms with van der Waals surface area (Å²) >= 11 is 1.71. The molecule has 0 radical (unpaired) electrons. The molecule has 0 fully saturated rings. The second-order valence-electron chi connectivity index (χ2n) is 3.65. The van der Waals surface area contributed by atoms with Crippen LogP contribution in [-0.2, 0) is 13.0 Å². The van der Waals surface area contributed by atoms with Gasteiger partial charge in [0.2, 0.25) is 5.89 Å². The van der Waals surface area contributed by atoms with Crippen LogP contribution in [-0.4, -0.2) is 16.5 Å². The van der Waals surface area contributed by atoms with Gasteiger partial charge in [0.25, 0.3) is 0 Å². The second kappa shape index (κ2) is 5.23. The molecular weight excluding hydrogens is 222 g/mol. The molecule has 0 spiro atoms. The molecule has 2 heterocycles. The summed E-state index contributed by atoms with van der Waals surface area (Å²) in [5, 5.41) is 3.30. The molecule has 0 atom stereocenters. The van der Waals surface area contributed by atoms with E-state index in [0.717, 1.165) is 30.3 Å². The first kappa shape index (κ1) is 11.3. The van der Waals surface area contributed by atoms with Crippen LogP contribution in [0.25, 0.3) is 0 Å². The molecule has 0 amide bonds. The van der Waals surface area contributed by atoms with Gasteiger partial charge in [0, 0.05) is 11.4 Å². The maximum atomic E-state index is 5.36. The fourth-order valence-corrected chi connectivity index (χ4v) is 2.23. The number of oxazole rings is 1. The quantitative estimate of drug-likeness (QED) is 0.809. The van der Waals surface area contributed by atoms with E-state index < -0.39 is 0 Å². The molecule has 2 aromatic rings. The van der Waals surface area contributed by atoms with E-state index in [1.54, 1.807) is 17.5 Å².